The van der Waals surface area contributed by atoms with Gasteiger partial charge in [0.05, 0.1) is 28.9 Å². The summed E-state index contributed by atoms with van der Waals surface area (Å²) in [5, 5.41) is 1.13. The average molecular weight is 361 g/mol. The average Bonchev–Trinajstić information content (AvgIpc) is 3.07. The molecule has 0 unspecified atom stereocenters. The molecule has 0 aliphatic heterocycles. The van der Waals surface area contributed by atoms with Gasteiger partial charge in [-0.05, 0) is 32.3 Å². The maximum atomic E-state index is 6.39. The van der Waals surface area contributed by atoms with Crippen molar-refractivity contribution in [3.8, 4) is 22.5 Å². The molecule has 24 heavy (non-hydrogen) atoms. The lowest BCUT2D eigenvalue weighted by Crippen LogP contribution is -2.15. The van der Waals surface area contributed by atoms with Crippen LogP contribution < -0.4 is 0 Å². The third kappa shape index (κ3) is 3.75. The molecule has 7 heteroatoms. The number of nitrogens with one attached hydrogen (secondary N) is 1. The van der Waals surface area contributed by atoms with E-state index in [1.165, 1.54) is 0 Å². The molecule has 0 saturated heterocycles. The van der Waals surface area contributed by atoms with Crippen molar-refractivity contribution in [2.75, 3.05) is 20.6 Å². The number of nitrogens with zero attached hydrogens (tertiary/aromatic N) is 4. The first kappa shape index (κ1) is 16.9. The van der Waals surface area contributed by atoms with Gasteiger partial charge in [-0.15, -0.1) is 0 Å². The topological polar surface area (TPSA) is 57.7 Å². The van der Waals surface area contributed by atoms with Gasteiger partial charge < -0.3 is 9.88 Å². The molecule has 1 N–H and O–H groups in total. The standard InChI is InChI=1S/C17H16Cl2N5/c1-24(2)6-5-16-21-8-13(15-9-20-10-22-15)17(23-16)12-4-3-11(18)7-14(12)19/h3-5,7-10H,6H2,1-2H3,(H,20,22). The molecular formula is C17H16Cl2N5. The minimum atomic E-state index is 0.542. The molecule has 1 radical (unpaired) electrons. The van der Waals surface area contributed by atoms with Crippen molar-refractivity contribution in [1.82, 2.24) is 24.8 Å². The Hall–Kier alpha value is -1.95. The van der Waals surface area contributed by atoms with Crippen LogP contribution in [0.4, 0.5) is 0 Å². The lowest BCUT2D eigenvalue weighted by atomic mass is 10.0. The smallest absolute Gasteiger partial charge is 0.134 e. The molecule has 0 atom stereocenters. The fraction of sp³-hybridized carbons (Fsp3) is 0.176. The molecule has 0 fully saturated rings. The Bertz CT molecular complexity index is 831. The fourth-order valence-electron chi connectivity index (χ4n) is 2.25. The molecule has 5 nitrogen and oxygen atoms in total. The van der Waals surface area contributed by atoms with Crippen molar-refractivity contribution in [2.24, 2.45) is 0 Å². The van der Waals surface area contributed by atoms with Gasteiger partial charge in [0.1, 0.15) is 5.82 Å². The summed E-state index contributed by atoms with van der Waals surface area (Å²) in [4.78, 5) is 18.3. The molecule has 1 aromatic carbocycles. The Balaban J connectivity index is 2.10. The molecule has 0 aliphatic rings. The Labute approximate surface area is 150 Å². The van der Waals surface area contributed by atoms with Gasteiger partial charge in [-0.25, -0.2) is 15.0 Å². The Morgan fingerprint density at radius 1 is 1.17 bits per heavy atom. The molecular weight excluding hydrogens is 345 g/mol. The number of H-pyrrole nitrogens is 1. The number of imidazole rings is 1. The first-order valence-electron chi connectivity index (χ1n) is 7.34. The zero-order valence-corrected chi connectivity index (χ0v) is 14.8. The van der Waals surface area contributed by atoms with Crippen LogP contribution in [-0.2, 0) is 0 Å². The Morgan fingerprint density at radius 3 is 2.67 bits per heavy atom. The lowest BCUT2D eigenvalue weighted by molar-refractivity contribution is 0.443. The van der Waals surface area contributed by atoms with E-state index in [9.17, 15) is 0 Å². The van der Waals surface area contributed by atoms with E-state index in [2.05, 4.69) is 15.0 Å². The van der Waals surface area contributed by atoms with Crippen LogP contribution in [-0.4, -0.2) is 45.5 Å². The molecule has 123 valence electrons. The van der Waals surface area contributed by atoms with Crippen molar-refractivity contribution in [1.29, 1.82) is 0 Å². The number of hydrogen-bond donors (Lipinski definition) is 1. The van der Waals surface area contributed by atoms with Crippen molar-refractivity contribution >= 4 is 23.2 Å². The summed E-state index contributed by atoms with van der Waals surface area (Å²) in [6.07, 6.45) is 7.09. The second-order valence-corrected chi connectivity index (χ2v) is 6.39. The molecule has 3 rings (SSSR count). The molecule has 2 heterocycles. The minimum absolute atomic E-state index is 0.542. The third-order valence-corrected chi connectivity index (χ3v) is 3.97. The molecule has 0 saturated carbocycles. The molecule has 0 amide bonds. The molecule has 3 aromatic rings. The Kier molecular flexibility index (Phi) is 5.14. The second-order valence-electron chi connectivity index (χ2n) is 5.55. The van der Waals surface area contributed by atoms with Crippen LogP contribution in [0.1, 0.15) is 5.82 Å². The van der Waals surface area contributed by atoms with Gasteiger partial charge in [0.25, 0.3) is 0 Å². The van der Waals surface area contributed by atoms with Crippen molar-refractivity contribution < 1.29 is 0 Å². The highest BCUT2D eigenvalue weighted by Crippen LogP contribution is 2.34. The number of likely N-dealkylation sites (N-methyl/N-ethyl adjacent to an activating group) is 1. The third-order valence-electron chi connectivity index (χ3n) is 3.42. The van der Waals surface area contributed by atoms with Crippen LogP contribution >= 0.6 is 23.2 Å². The summed E-state index contributed by atoms with van der Waals surface area (Å²) in [6.45, 7) is 0.747. The predicted molar refractivity (Wildman–Crippen MR) is 97.0 cm³/mol. The summed E-state index contributed by atoms with van der Waals surface area (Å²) < 4.78 is 0. The van der Waals surface area contributed by atoms with E-state index in [-0.39, 0.29) is 0 Å². The van der Waals surface area contributed by atoms with E-state index in [1.807, 2.05) is 31.5 Å². The number of hydrogen-bond acceptors (Lipinski definition) is 4. The van der Waals surface area contributed by atoms with E-state index in [4.69, 9.17) is 28.2 Å². The molecule has 0 aliphatic carbocycles. The summed E-state index contributed by atoms with van der Waals surface area (Å²) in [7, 11) is 3.99. The predicted octanol–water partition coefficient (Wildman–Crippen LogP) is 3.95. The van der Waals surface area contributed by atoms with Gasteiger partial charge in [0, 0.05) is 35.3 Å². The normalized spacial score (nSPS) is 11.2. The highest BCUT2D eigenvalue weighted by molar-refractivity contribution is 6.36. The SMILES string of the molecule is CN(C)C[CH]c1ncc(-c2cnc[nH]2)c(-c2ccc(Cl)cc2Cl)n1. The van der Waals surface area contributed by atoms with E-state index < -0.39 is 0 Å². The lowest BCUT2D eigenvalue weighted by Gasteiger charge is -2.12. The van der Waals surface area contributed by atoms with Gasteiger partial charge >= 0.3 is 0 Å². The van der Waals surface area contributed by atoms with E-state index in [0.29, 0.717) is 15.9 Å². The maximum absolute atomic E-state index is 6.39. The Morgan fingerprint density at radius 2 is 2.00 bits per heavy atom. The summed E-state index contributed by atoms with van der Waals surface area (Å²) >= 11 is 12.4. The molecule has 2 aromatic heterocycles. The summed E-state index contributed by atoms with van der Waals surface area (Å²) in [5.41, 5.74) is 3.20. The number of halogens is 2. The van der Waals surface area contributed by atoms with Crippen molar-refractivity contribution in [2.45, 2.75) is 0 Å². The molecule has 0 spiro atoms. The number of aromatic nitrogens is 4. The van der Waals surface area contributed by atoms with Gasteiger partial charge in [0.15, 0.2) is 0 Å². The van der Waals surface area contributed by atoms with Gasteiger partial charge in [0.2, 0.25) is 0 Å². The van der Waals surface area contributed by atoms with Crippen LogP contribution in [0, 0.1) is 6.42 Å². The number of rotatable bonds is 5. The molecule has 0 bridgehead atoms. The van der Waals surface area contributed by atoms with Crippen LogP contribution in [0.25, 0.3) is 22.5 Å². The zero-order valence-electron chi connectivity index (χ0n) is 13.3. The zero-order chi connectivity index (χ0) is 17.1. The second kappa shape index (κ2) is 7.30. The minimum Gasteiger partial charge on any atom is -0.345 e. The maximum Gasteiger partial charge on any atom is 0.134 e. The highest BCUT2D eigenvalue weighted by atomic mass is 35.5. The quantitative estimate of drug-likeness (QED) is 0.748. The van der Waals surface area contributed by atoms with E-state index in [1.54, 1.807) is 30.9 Å². The number of benzene rings is 1. The first-order valence-corrected chi connectivity index (χ1v) is 8.09. The van der Waals surface area contributed by atoms with Crippen molar-refractivity contribution in [3.05, 3.63) is 59.2 Å². The van der Waals surface area contributed by atoms with Crippen LogP contribution in [0.5, 0.6) is 0 Å². The largest absolute Gasteiger partial charge is 0.345 e. The van der Waals surface area contributed by atoms with Gasteiger partial charge in [-0.2, -0.15) is 0 Å². The van der Waals surface area contributed by atoms with Crippen LogP contribution in [0.2, 0.25) is 10.0 Å². The van der Waals surface area contributed by atoms with Gasteiger partial charge in [-0.1, -0.05) is 23.2 Å². The van der Waals surface area contributed by atoms with E-state index >= 15 is 0 Å². The highest BCUT2D eigenvalue weighted by Gasteiger charge is 2.15. The van der Waals surface area contributed by atoms with E-state index in [0.717, 1.165) is 29.1 Å². The van der Waals surface area contributed by atoms with Crippen LogP contribution in [0.15, 0.2) is 36.9 Å². The summed E-state index contributed by atoms with van der Waals surface area (Å²) in [6, 6.07) is 5.37. The summed E-state index contributed by atoms with van der Waals surface area (Å²) in [5.74, 6) is 0.646. The first-order chi connectivity index (χ1) is 11.5. The van der Waals surface area contributed by atoms with Crippen molar-refractivity contribution in [3.63, 3.8) is 0 Å². The fourth-order valence-corrected chi connectivity index (χ4v) is 2.74. The monoisotopic (exact) mass is 360 g/mol. The van der Waals surface area contributed by atoms with Gasteiger partial charge in [-0.3, -0.25) is 0 Å². The number of aromatic amines is 1. The van der Waals surface area contributed by atoms with Crippen LogP contribution in [0.3, 0.4) is 0 Å².